The van der Waals surface area contributed by atoms with E-state index in [4.69, 9.17) is 0 Å². The lowest BCUT2D eigenvalue weighted by atomic mass is 10.1. The summed E-state index contributed by atoms with van der Waals surface area (Å²) in [6, 6.07) is 7.10. The molecule has 0 bridgehead atoms. The zero-order chi connectivity index (χ0) is 17.6. The summed E-state index contributed by atoms with van der Waals surface area (Å²) in [6.07, 6.45) is 8.99. The fraction of sp³-hybridized carbons (Fsp3) is 0.368. The molecule has 0 unspecified atom stereocenters. The van der Waals surface area contributed by atoms with Crippen LogP contribution < -0.4 is 10.6 Å². The summed E-state index contributed by atoms with van der Waals surface area (Å²) in [5.41, 5.74) is 1.29. The number of carbonyl (C=O) groups is 1. The van der Waals surface area contributed by atoms with Gasteiger partial charge >= 0.3 is 0 Å². The SMILES string of the molecule is O=C(Nc1ccc(F)c(F)c1)c1ccc(NC2CCCCCC2)cn1. The van der Waals surface area contributed by atoms with Gasteiger partial charge in [0.05, 0.1) is 11.9 Å². The van der Waals surface area contributed by atoms with Gasteiger partial charge in [-0.15, -0.1) is 0 Å². The van der Waals surface area contributed by atoms with E-state index < -0.39 is 17.5 Å². The molecule has 1 aromatic carbocycles. The first kappa shape index (κ1) is 17.3. The number of pyridine rings is 1. The number of benzene rings is 1. The van der Waals surface area contributed by atoms with E-state index in [2.05, 4.69) is 15.6 Å². The van der Waals surface area contributed by atoms with Crippen LogP contribution in [0.1, 0.15) is 49.0 Å². The van der Waals surface area contributed by atoms with Gasteiger partial charge in [0.1, 0.15) is 5.69 Å². The molecule has 2 aromatic rings. The normalized spacial score (nSPS) is 15.4. The van der Waals surface area contributed by atoms with Gasteiger partial charge in [0, 0.05) is 17.8 Å². The first-order valence-corrected chi connectivity index (χ1v) is 8.61. The van der Waals surface area contributed by atoms with Crippen molar-refractivity contribution >= 4 is 17.3 Å². The third-order valence-corrected chi connectivity index (χ3v) is 4.40. The maximum absolute atomic E-state index is 13.2. The summed E-state index contributed by atoms with van der Waals surface area (Å²) in [5, 5.41) is 5.97. The Bertz CT molecular complexity index is 726. The third kappa shape index (κ3) is 4.75. The van der Waals surface area contributed by atoms with E-state index in [-0.39, 0.29) is 11.4 Å². The highest BCUT2D eigenvalue weighted by molar-refractivity contribution is 6.02. The summed E-state index contributed by atoms with van der Waals surface area (Å²) < 4.78 is 26.1. The molecule has 3 rings (SSSR count). The highest BCUT2D eigenvalue weighted by Crippen LogP contribution is 2.21. The molecule has 0 atom stereocenters. The van der Waals surface area contributed by atoms with Gasteiger partial charge in [0.25, 0.3) is 5.91 Å². The minimum Gasteiger partial charge on any atom is -0.381 e. The van der Waals surface area contributed by atoms with Gasteiger partial charge in [-0.3, -0.25) is 4.79 Å². The number of aromatic nitrogens is 1. The Morgan fingerprint density at radius 1 is 0.960 bits per heavy atom. The second-order valence-electron chi connectivity index (χ2n) is 6.35. The predicted molar refractivity (Wildman–Crippen MR) is 93.7 cm³/mol. The summed E-state index contributed by atoms with van der Waals surface area (Å²) in [7, 11) is 0. The first-order valence-electron chi connectivity index (χ1n) is 8.61. The lowest BCUT2D eigenvalue weighted by Gasteiger charge is -2.17. The van der Waals surface area contributed by atoms with Crippen LogP contribution in [0.15, 0.2) is 36.5 Å². The van der Waals surface area contributed by atoms with Crippen LogP contribution in [0.25, 0.3) is 0 Å². The van der Waals surface area contributed by atoms with E-state index in [1.54, 1.807) is 12.3 Å². The molecule has 1 amide bonds. The van der Waals surface area contributed by atoms with Crippen molar-refractivity contribution < 1.29 is 13.6 Å². The Kier molecular flexibility index (Phi) is 5.58. The Morgan fingerprint density at radius 2 is 1.68 bits per heavy atom. The summed E-state index contributed by atoms with van der Waals surface area (Å²) in [6.45, 7) is 0. The number of anilines is 2. The molecule has 1 heterocycles. The minimum absolute atomic E-state index is 0.186. The van der Waals surface area contributed by atoms with E-state index in [1.807, 2.05) is 6.07 Å². The number of carbonyl (C=O) groups excluding carboxylic acids is 1. The first-order chi connectivity index (χ1) is 12.1. The predicted octanol–water partition coefficient (Wildman–Crippen LogP) is 4.75. The number of hydrogen-bond donors (Lipinski definition) is 2. The topological polar surface area (TPSA) is 54.0 Å². The average molecular weight is 345 g/mol. The zero-order valence-corrected chi connectivity index (χ0v) is 13.9. The number of rotatable bonds is 4. The van der Waals surface area contributed by atoms with Gasteiger partial charge in [0.15, 0.2) is 11.6 Å². The van der Waals surface area contributed by atoms with Crippen molar-refractivity contribution in [2.24, 2.45) is 0 Å². The number of halogens is 2. The Hall–Kier alpha value is -2.50. The second-order valence-corrected chi connectivity index (χ2v) is 6.35. The fourth-order valence-corrected chi connectivity index (χ4v) is 3.04. The molecule has 0 saturated heterocycles. The lowest BCUT2D eigenvalue weighted by molar-refractivity contribution is 0.102. The highest BCUT2D eigenvalue weighted by atomic mass is 19.2. The van der Waals surface area contributed by atoms with Crippen LogP contribution >= 0.6 is 0 Å². The van der Waals surface area contributed by atoms with Crippen molar-refractivity contribution in [3.63, 3.8) is 0 Å². The molecule has 2 N–H and O–H groups in total. The smallest absolute Gasteiger partial charge is 0.274 e. The zero-order valence-electron chi connectivity index (χ0n) is 13.9. The molecular weight excluding hydrogens is 324 g/mol. The van der Waals surface area contributed by atoms with Gasteiger partial charge < -0.3 is 10.6 Å². The number of nitrogens with zero attached hydrogens (tertiary/aromatic N) is 1. The summed E-state index contributed by atoms with van der Waals surface area (Å²) in [4.78, 5) is 16.3. The third-order valence-electron chi connectivity index (χ3n) is 4.40. The van der Waals surface area contributed by atoms with Gasteiger partial charge in [-0.25, -0.2) is 13.8 Å². The van der Waals surface area contributed by atoms with Crippen LogP contribution in [0.5, 0.6) is 0 Å². The van der Waals surface area contributed by atoms with Gasteiger partial charge in [-0.2, -0.15) is 0 Å². The van der Waals surface area contributed by atoms with E-state index in [1.165, 1.54) is 31.7 Å². The highest BCUT2D eigenvalue weighted by Gasteiger charge is 2.13. The molecule has 0 radical (unpaired) electrons. The average Bonchev–Trinajstić information content (AvgIpc) is 2.87. The van der Waals surface area contributed by atoms with Crippen molar-refractivity contribution in [1.29, 1.82) is 0 Å². The van der Waals surface area contributed by atoms with Crippen molar-refractivity contribution in [1.82, 2.24) is 4.98 Å². The van der Waals surface area contributed by atoms with Gasteiger partial charge in [0.2, 0.25) is 0 Å². The van der Waals surface area contributed by atoms with Crippen LogP contribution in [0.2, 0.25) is 0 Å². The van der Waals surface area contributed by atoms with Crippen molar-refractivity contribution in [2.75, 3.05) is 10.6 Å². The molecule has 0 spiro atoms. The molecule has 0 aliphatic heterocycles. The van der Waals surface area contributed by atoms with Crippen LogP contribution in [0, 0.1) is 11.6 Å². The van der Waals surface area contributed by atoms with Gasteiger partial charge in [-0.1, -0.05) is 25.7 Å². The van der Waals surface area contributed by atoms with Gasteiger partial charge in [-0.05, 0) is 37.1 Å². The standard InChI is InChI=1S/C19H21F2N3O/c20-16-9-7-14(11-17(16)21)24-19(25)18-10-8-15(12-22-18)23-13-5-3-1-2-4-6-13/h7-13,23H,1-6H2,(H,24,25). The van der Waals surface area contributed by atoms with E-state index >= 15 is 0 Å². The van der Waals surface area contributed by atoms with E-state index in [0.717, 1.165) is 30.7 Å². The molecule has 1 aliphatic carbocycles. The molecule has 1 saturated carbocycles. The molecule has 1 aromatic heterocycles. The molecule has 1 aliphatic rings. The Morgan fingerprint density at radius 3 is 2.32 bits per heavy atom. The van der Waals surface area contributed by atoms with Crippen molar-refractivity contribution in [2.45, 2.75) is 44.6 Å². The molecule has 1 fully saturated rings. The molecule has 132 valence electrons. The van der Waals surface area contributed by atoms with Crippen molar-refractivity contribution in [3.8, 4) is 0 Å². The Labute approximate surface area is 145 Å². The largest absolute Gasteiger partial charge is 0.381 e. The van der Waals surface area contributed by atoms with E-state index in [9.17, 15) is 13.6 Å². The quantitative estimate of drug-likeness (QED) is 0.787. The summed E-state index contributed by atoms with van der Waals surface area (Å²) >= 11 is 0. The number of nitrogens with one attached hydrogen (secondary N) is 2. The van der Waals surface area contributed by atoms with E-state index in [0.29, 0.717) is 6.04 Å². The van der Waals surface area contributed by atoms with Crippen molar-refractivity contribution in [3.05, 3.63) is 53.9 Å². The number of amides is 1. The minimum atomic E-state index is -1.01. The van der Waals surface area contributed by atoms with Crippen LogP contribution in [0.3, 0.4) is 0 Å². The molecule has 4 nitrogen and oxygen atoms in total. The van der Waals surface area contributed by atoms with Crippen LogP contribution in [-0.4, -0.2) is 16.9 Å². The summed E-state index contributed by atoms with van der Waals surface area (Å²) in [5.74, 6) is -2.43. The lowest BCUT2D eigenvalue weighted by Crippen LogP contribution is -2.19. The maximum atomic E-state index is 13.2. The molecule has 25 heavy (non-hydrogen) atoms. The molecular formula is C19H21F2N3O. The van der Waals surface area contributed by atoms with Crippen LogP contribution in [0.4, 0.5) is 20.2 Å². The molecule has 6 heteroatoms. The Balaban J connectivity index is 1.60. The number of hydrogen-bond acceptors (Lipinski definition) is 3. The maximum Gasteiger partial charge on any atom is 0.274 e. The second kappa shape index (κ2) is 8.05. The van der Waals surface area contributed by atoms with Crippen LogP contribution in [-0.2, 0) is 0 Å². The monoisotopic (exact) mass is 345 g/mol. The fourth-order valence-electron chi connectivity index (χ4n) is 3.04.